The summed E-state index contributed by atoms with van der Waals surface area (Å²) in [5.74, 6) is -2.16. The Hall–Kier alpha value is -2.98. The Bertz CT molecular complexity index is 689. The molecule has 1 aliphatic heterocycles. The maximum atomic E-state index is 10.9. The molecule has 11 nitrogen and oxygen atoms in total. The number of rotatable bonds is 14. The number of piperidine rings is 1. The molecule has 1 fully saturated rings. The number of imide groups is 1. The normalized spacial score (nSPS) is 14.4. The van der Waals surface area contributed by atoms with E-state index >= 15 is 0 Å². The predicted molar refractivity (Wildman–Crippen MR) is 142 cm³/mol. The molecule has 11 heteroatoms. The number of aliphatic carboxylic acids is 3. The topological polar surface area (TPSA) is 201 Å². The summed E-state index contributed by atoms with van der Waals surface area (Å²) in [6, 6.07) is 0. The van der Waals surface area contributed by atoms with Gasteiger partial charge in [-0.05, 0) is 54.8 Å². The molecule has 1 heterocycles. The van der Waals surface area contributed by atoms with Gasteiger partial charge in [0.25, 0.3) is 0 Å². The van der Waals surface area contributed by atoms with E-state index in [9.17, 15) is 28.8 Å². The molecule has 3 amide bonds. The Morgan fingerprint density at radius 1 is 0.711 bits per heavy atom. The fraction of sp³-hybridized carbons (Fsp3) is 0.778. The number of nitrogens with one attached hydrogen (secondary N) is 1. The summed E-state index contributed by atoms with van der Waals surface area (Å²) in [5.41, 5.74) is 5.01. The number of hydrogen-bond acceptors (Lipinski definition) is 6. The summed E-state index contributed by atoms with van der Waals surface area (Å²) in [5, 5.41) is 27.9. The van der Waals surface area contributed by atoms with Gasteiger partial charge in [0.15, 0.2) is 0 Å². The molecule has 38 heavy (non-hydrogen) atoms. The van der Waals surface area contributed by atoms with Crippen LogP contribution in [0.5, 0.6) is 0 Å². The van der Waals surface area contributed by atoms with Gasteiger partial charge in [0.1, 0.15) is 0 Å². The Morgan fingerprint density at radius 2 is 1.05 bits per heavy atom. The second kappa shape index (κ2) is 20.0. The van der Waals surface area contributed by atoms with Crippen LogP contribution < -0.4 is 11.1 Å². The minimum Gasteiger partial charge on any atom is -0.481 e. The SMILES string of the molecule is CC(C)CC(CC(=O)O)CC(=O)O.CC(C)CC1CC(=O)NC(=O)C1.CC(C)C[C@H](CC(N)=O)CC(=O)O. The molecule has 1 saturated heterocycles. The van der Waals surface area contributed by atoms with Gasteiger partial charge in [-0.25, -0.2) is 0 Å². The smallest absolute Gasteiger partial charge is 0.303 e. The minimum absolute atomic E-state index is 0.0289. The van der Waals surface area contributed by atoms with Crippen molar-refractivity contribution in [1.29, 1.82) is 0 Å². The molecule has 0 unspecified atom stereocenters. The molecule has 0 saturated carbocycles. The van der Waals surface area contributed by atoms with E-state index in [0.717, 1.165) is 12.8 Å². The van der Waals surface area contributed by atoms with E-state index in [1.165, 1.54) is 0 Å². The number of nitrogens with two attached hydrogens (primary N) is 1. The van der Waals surface area contributed by atoms with Crippen LogP contribution in [0.25, 0.3) is 0 Å². The summed E-state index contributed by atoms with van der Waals surface area (Å²) < 4.78 is 0. The Kier molecular flexibility index (Phi) is 19.6. The van der Waals surface area contributed by atoms with Gasteiger partial charge in [0, 0.05) is 38.5 Å². The minimum atomic E-state index is -0.924. The molecule has 0 bridgehead atoms. The molecule has 1 aliphatic rings. The molecule has 1 atom stereocenters. The monoisotopic (exact) mass is 544 g/mol. The van der Waals surface area contributed by atoms with Crippen molar-refractivity contribution in [3.8, 4) is 0 Å². The van der Waals surface area contributed by atoms with Crippen LogP contribution >= 0.6 is 0 Å². The zero-order valence-electron chi connectivity index (χ0n) is 23.7. The lowest BCUT2D eigenvalue weighted by Crippen LogP contribution is -2.38. The van der Waals surface area contributed by atoms with Crippen LogP contribution in [-0.4, -0.2) is 50.9 Å². The average molecular weight is 545 g/mol. The molecule has 6 N–H and O–H groups in total. The van der Waals surface area contributed by atoms with E-state index in [0.29, 0.717) is 37.0 Å². The highest BCUT2D eigenvalue weighted by molar-refractivity contribution is 5.97. The lowest BCUT2D eigenvalue weighted by Gasteiger charge is -2.21. The maximum absolute atomic E-state index is 10.9. The van der Waals surface area contributed by atoms with E-state index in [1.54, 1.807) is 0 Å². The van der Waals surface area contributed by atoms with Gasteiger partial charge in [-0.3, -0.25) is 34.1 Å². The highest BCUT2D eigenvalue weighted by Crippen LogP contribution is 2.22. The summed E-state index contributed by atoms with van der Waals surface area (Å²) >= 11 is 0. The van der Waals surface area contributed by atoms with Gasteiger partial charge < -0.3 is 21.1 Å². The first kappa shape index (κ1) is 37.2. The summed E-state index contributed by atoms with van der Waals surface area (Å²) in [6.45, 7) is 12.1. The number of primary amides is 1. The first-order valence-electron chi connectivity index (χ1n) is 13.2. The fourth-order valence-corrected chi connectivity index (χ4v) is 4.52. The number of carboxylic acid groups (broad SMARTS) is 3. The summed E-state index contributed by atoms with van der Waals surface area (Å²) in [6.07, 6.45) is 3.49. The molecule has 0 aliphatic carbocycles. The summed E-state index contributed by atoms with van der Waals surface area (Å²) in [7, 11) is 0. The van der Waals surface area contributed by atoms with Crippen molar-refractivity contribution < 1.29 is 44.1 Å². The fourth-order valence-electron chi connectivity index (χ4n) is 4.52. The molecular formula is C27H48N2O9. The number of carbonyl (C=O) groups excluding carboxylic acids is 3. The standard InChI is InChI=1S/C9H17NO3.C9H15NO2.C9H16O4/c1-6(2)3-7(4-8(10)11)5-9(12)13;1-6(2)3-7-4-8(11)10-9(12)5-7;1-6(2)3-7(4-8(10)11)5-9(12)13/h6-7H,3-5H2,1-2H3,(H2,10,11)(H,12,13);6-7H,3-5H2,1-2H3,(H,10,11,12);6-7H,3-5H2,1-2H3,(H,10,11)(H,12,13)/t7-;;/m1../s1. The lowest BCUT2D eigenvalue weighted by molar-refractivity contribution is -0.141. The molecule has 0 aromatic heterocycles. The maximum Gasteiger partial charge on any atom is 0.303 e. The third-order valence-corrected chi connectivity index (χ3v) is 5.52. The van der Waals surface area contributed by atoms with E-state index < -0.39 is 23.8 Å². The highest BCUT2D eigenvalue weighted by atomic mass is 16.4. The largest absolute Gasteiger partial charge is 0.481 e. The van der Waals surface area contributed by atoms with Crippen molar-refractivity contribution in [2.75, 3.05) is 0 Å². The number of amides is 3. The number of hydrogen-bond donors (Lipinski definition) is 5. The van der Waals surface area contributed by atoms with E-state index in [4.69, 9.17) is 21.1 Å². The molecule has 220 valence electrons. The Labute approximate surface area is 225 Å². The second-order valence-corrected chi connectivity index (χ2v) is 11.3. The van der Waals surface area contributed by atoms with Crippen LogP contribution in [0.3, 0.4) is 0 Å². The van der Waals surface area contributed by atoms with Crippen LogP contribution in [-0.2, 0) is 28.8 Å². The molecule has 0 radical (unpaired) electrons. The second-order valence-electron chi connectivity index (χ2n) is 11.3. The van der Waals surface area contributed by atoms with Crippen LogP contribution in [0, 0.1) is 35.5 Å². The lowest BCUT2D eigenvalue weighted by atomic mass is 9.89. The van der Waals surface area contributed by atoms with Crippen molar-refractivity contribution >= 4 is 35.6 Å². The quantitative estimate of drug-likeness (QED) is 0.202. The molecular weight excluding hydrogens is 496 g/mol. The van der Waals surface area contributed by atoms with Crippen molar-refractivity contribution in [2.24, 2.45) is 41.2 Å². The first-order valence-corrected chi connectivity index (χ1v) is 13.2. The first-order chi connectivity index (χ1) is 17.4. The highest BCUT2D eigenvalue weighted by Gasteiger charge is 2.25. The Balaban J connectivity index is 0. The molecule has 0 aromatic rings. The molecule has 1 rings (SSSR count). The zero-order chi connectivity index (χ0) is 30.0. The van der Waals surface area contributed by atoms with E-state index in [2.05, 4.69) is 19.2 Å². The van der Waals surface area contributed by atoms with Gasteiger partial charge >= 0.3 is 17.9 Å². The van der Waals surface area contributed by atoms with Crippen LogP contribution in [0.15, 0.2) is 0 Å². The van der Waals surface area contributed by atoms with E-state index in [1.807, 2.05) is 27.7 Å². The van der Waals surface area contributed by atoms with Crippen molar-refractivity contribution in [2.45, 2.75) is 99.3 Å². The van der Waals surface area contributed by atoms with Gasteiger partial charge in [0.2, 0.25) is 17.7 Å². The van der Waals surface area contributed by atoms with Gasteiger partial charge in [0.05, 0.1) is 0 Å². The summed E-state index contributed by atoms with van der Waals surface area (Å²) in [4.78, 5) is 63.6. The van der Waals surface area contributed by atoms with E-state index in [-0.39, 0.29) is 55.3 Å². The van der Waals surface area contributed by atoms with Gasteiger partial charge in [-0.2, -0.15) is 0 Å². The molecule has 0 spiro atoms. The van der Waals surface area contributed by atoms with Gasteiger partial charge in [-0.1, -0.05) is 41.5 Å². The third kappa shape index (κ3) is 24.7. The van der Waals surface area contributed by atoms with Crippen molar-refractivity contribution in [1.82, 2.24) is 5.32 Å². The zero-order valence-corrected chi connectivity index (χ0v) is 23.7. The Morgan fingerprint density at radius 3 is 1.32 bits per heavy atom. The van der Waals surface area contributed by atoms with Crippen LogP contribution in [0.2, 0.25) is 0 Å². The predicted octanol–water partition coefficient (Wildman–Crippen LogP) is 3.68. The van der Waals surface area contributed by atoms with Crippen molar-refractivity contribution in [3.63, 3.8) is 0 Å². The van der Waals surface area contributed by atoms with Gasteiger partial charge in [-0.15, -0.1) is 0 Å². The molecule has 0 aromatic carbocycles. The van der Waals surface area contributed by atoms with Crippen LogP contribution in [0.4, 0.5) is 0 Å². The third-order valence-electron chi connectivity index (χ3n) is 5.52. The number of carbonyl (C=O) groups is 6. The van der Waals surface area contributed by atoms with Crippen LogP contribution in [0.1, 0.15) is 99.3 Å². The number of carboxylic acids is 3. The average Bonchev–Trinajstić information content (AvgIpc) is 2.64. The van der Waals surface area contributed by atoms with Crippen molar-refractivity contribution in [3.05, 3.63) is 0 Å².